The number of rotatable bonds is 5. The third-order valence-corrected chi connectivity index (χ3v) is 3.95. The maximum absolute atomic E-state index is 12.2. The summed E-state index contributed by atoms with van der Waals surface area (Å²) < 4.78 is 9.70. The summed E-state index contributed by atoms with van der Waals surface area (Å²) in [6.07, 6.45) is -1.07. The van der Waals surface area contributed by atoms with Gasteiger partial charge in [0, 0.05) is 5.02 Å². The lowest BCUT2D eigenvalue weighted by atomic mass is 10.1. The minimum atomic E-state index is -1.07. The molecule has 2 rings (SSSR count). The number of methoxy groups -OCH3 is 1. The van der Waals surface area contributed by atoms with Crippen LogP contribution in [0.2, 0.25) is 10.0 Å². The molecule has 0 aromatic heterocycles. The number of benzene rings is 2. The van der Waals surface area contributed by atoms with Gasteiger partial charge < -0.3 is 14.8 Å². The maximum Gasteiger partial charge on any atom is 0.338 e. The zero-order valence-electron chi connectivity index (χ0n) is 13.9. The van der Waals surface area contributed by atoms with E-state index < -0.39 is 23.9 Å². The molecule has 0 radical (unpaired) electrons. The van der Waals surface area contributed by atoms with Gasteiger partial charge in [0.1, 0.15) is 0 Å². The number of anilines is 1. The van der Waals surface area contributed by atoms with Crippen molar-refractivity contribution in [2.75, 3.05) is 12.4 Å². The minimum Gasteiger partial charge on any atom is -0.465 e. The van der Waals surface area contributed by atoms with Crippen LogP contribution >= 0.6 is 23.2 Å². The fourth-order valence-electron chi connectivity index (χ4n) is 1.97. The van der Waals surface area contributed by atoms with Crippen molar-refractivity contribution in [2.45, 2.75) is 13.0 Å². The van der Waals surface area contributed by atoms with Crippen molar-refractivity contribution in [1.82, 2.24) is 0 Å². The lowest BCUT2D eigenvalue weighted by Gasteiger charge is -2.14. The largest absolute Gasteiger partial charge is 0.465 e. The van der Waals surface area contributed by atoms with Gasteiger partial charge in [-0.05, 0) is 49.4 Å². The molecule has 26 heavy (non-hydrogen) atoms. The highest BCUT2D eigenvalue weighted by Gasteiger charge is 2.20. The van der Waals surface area contributed by atoms with Crippen molar-refractivity contribution in [1.29, 1.82) is 0 Å². The van der Waals surface area contributed by atoms with Gasteiger partial charge in [-0.3, -0.25) is 4.79 Å². The van der Waals surface area contributed by atoms with Gasteiger partial charge in [0.15, 0.2) is 6.10 Å². The molecule has 0 heterocycles. The quantitative estimate of drug-likeness (QED) is 0.774. The molecular formula is C18H15Cl2NO5. The summed E-state index contributed by atoms with van der Waals surface area (Å²) in [5.41, 5.74) is 0.804. The number of hydrogen-bond acceptors (Lipinski definition) is 5. The molecule has 0 bridgehead atoms. The van der Waals surface area contributed by atoms with Crippen LogP contribution in [0, 0.1) is 0 Å². The molecule has 1 amide bonds. The van der Waals surface area contributed by atoms with Gasteiger partial charge in [-0.25, -0.2) is 9.59 Å². The Kier molecular flexibility index (Phi) is 6.60. The first-order valence-corrected chi connectivity index (χ1v) is 8.22. The Morgan fingerprint density at radius 3 is 2.12 bits per heavy atom. The Labute approximate surface area is 160 Å². The lowest BCUT2D eigenvalue weighted by Crippen LogP contribution is -2.30. The summed E-state index contributed by atoms with van der Waals surface area (Å²) in [4.78, 5) is 35.7. The second-order valence-electron chi connectivity index (χ2n) is 5.23. The van der Waals surface area contributed by atoms with Crippen LogP contribution in [0.1, 0.15) is 27.6 Å². The molecule has 8 heteroatoms. The normalized spacial score (nSPS) is 11.4. The summed E-state index contributed by atoms with van der Waals surface area (Å²) in [7, 11) is 1.26. The van der Waals surface area contributed by atoms with E-state index in [9.17, 15) is 14.4 Å². The second-order valence-corrected chi connectivity index (χ2v) is 6.07. The molecule has 0 spiro atoms. The van der Waals surface area contributed by atoms with E-state index in [1.54, 1.807) is 12.1 Å². The van der Waals surface area contributed by atoms with E-state index in [0.717, 1.165) is 0 Å². The average Bonchev–Trinajstić information content (AvgIpc) is 2.64. The highest BCUT2D eigenvalue weighted by molar-refractivity contribution is 6.35. The predicted octanol–water partition coefficient (Wildman–Crippen LogP) is 3.96. The van der Waals surface area contributed by atoms with Crippen LogP contribution in [0.15, 0.2) is 42.5 Å². The number of nitrogens with one attached hydrogen (secondary N) is 1. The van der Waals surface area contributed by atoms with Crippen LogP contribution in [0.4, 0.5) is 5.69 Å². The van der Waals surface area contributed by atoms with Gasteiger partial charge in [0.2, 0.25) is 0 Å². The fraction of sp³-hybridized carbons (Fsp3) is 0.167. The molecule has 0 aliphatic heterocycles. The molecule has 1 unspecified atom stereocenters. The molecule has 6 nitrogen and oxygen atoms in total. The Hall–Kier alpha value is -2.57. The van der Waals surface area contributed by atoms with E-state index in [0.29, 0.717) is 21.3 Å². The van der Waals surface area contributed by atoms with Crippen molar-refractivity contribution in [3.05, 3.63) is 63.6 Å². The number of carbonyl (C=O) groups excluding carboxylic acids is 3. The SMILES string of the molecule is COC(=O)c1ccc(C(=O)OC(C)C(=O)Nc2cc(Cl)ccc2Cl)cc1. The summed E-state index contributed by atoms with van der Waals surface area (Å²) in [6, 6.07) is 10.3. The molecule has 0 aliphatic rings. The highest BCUT2D eigenvalue weighted by Crippen LogP contribution is 2.25. The number of amides is 1. The van der Waals surface area contributed by atoms with Gasteiger partial charge in [-0.1, -0.05) is 23.2 Å². The third kappa shape index (κ3) is 4.97. The van der Waals surface area contributed by atoms with Crippen LogP contribution in [0.25, 0.3) is 0 Å². The number of carbonyl (C=O) groups is 3. The highest BCUT2D eigenvalue weighted by atomic mass is 35.5. The Morgan fingerprint density at radius 1 is 0.962 bits per heavy atom. The molecule has 136 valence electrons. The van der Waals surface area contributed by atoms with Crippen LogP contribution in [0.3, 0.4) is 0 Å². The van der Waals surface area contributed by atoms with Crippen molar-refractivity contribution in [3.63, 3.8) is 0 Å². The third-order valence-electron chi connectivity index (χ3n) is 3.38. The molecule has 0 aliphatic carbocycles. The Balaban J connectivity index is 2.00. The molecule has 0 saturated heterocycles. The maximum atomic E-state index is 12.2. The summed E-state index contributed by atoms with van der Waals surface area (Å²) in [5.74, 6) is -1.79. The lowest BCUT2D eigenvalue weighted by molar-refractivity contribution is -0.123. The standard InChI is InChI=1S/C18H15Cl2NO5/c1-10(16(22)21-15-9-13(19)7-8-14(15)20)26-18(24)12-5-3-11(4-6-12)17(23)25-2/h3-10H,1-2H3,(H,21,22). The first-order chi connectivity index (χ1) is 12.3. The predicted molar refractivity (Wildman–Crippen MR) is 97.8 cm³/mol. The zero-order chi connectivity index (χ0) is 19.3. The minimum absolute atomic E-state index is 0.193. The van der Waals surface area contributed by atoms with E-state index in [1.807, 2.05) is 0 Å². The Morgan fingerprint density at radius 2 is 1.54 bits per heavy atom. The smallest absolute Gasteiger partial charge is 0.338 e. The van der Waals surface area contributed by atoms with Gasteiger partial charge in [0.05, 0.1) is 28.9 Å². The molecule has 0 fully saturated rings. The first-order valence-electron chi connectivity index (χ1n) is 7.47. The van der Waals surface area contributed by atoms with Crippen molar-refractivity contribution in [2.24, 2.45) is 0 Å². The van der Waals surface area contributed by atoms with E-state index >= 15 is 0 Å². The van der Waals surface area contributed by atoms with Crippen molar-refractivity contribution < 1.29 is 23.9 Å². The van der Waals surface area contributed by atoms with Gasteiger partial charge in [0.25, 0.3) is 5.91 Å². The molecule has 0 saturated carbocycles. The van der Waals surface area contributed by atoms with Crippen LogP contribution in [-0.2, 0) is 14.3 Å². The van der Waals surface area contributed by atoms with Gasteiger partial charge in [-0.15, -0.1) is 0 Å². The Bertz CT molecular complexity index is 836. The van der Waals surface area contributed by atoms with Crippen LogP contribution in [-0.4, -0.2) is 31.1 Å². The molecule has 1 N–H and O–H groups in total. The topological polar surface area (TPSA) is 81.7 Å². The fourth-order valence-corrected chi connectivity index (χ4v) is 2.31. The molecule has 2 aromatic rings. The second kappa shape index (κ2) is 8.69. The zero-order valence-corrected chi connectivity index (χ0v) is 15.4. The number of hydrogen-bond donors (Lipinski definition) is 1. The van der Waals surface area contributed by atoms with Crippen LogP contribution in [0.5, 0.6) is 0 Å². The summed E-state index contributed by atoms with van der Waals surface area (Å²) in [6.45, 7) is 1.43. The van der Waals surface area contributed by atoms with E-state index in [1.165, 1.54) is 44.4 Å². The van der Waals surface area contributed by atoms with Crippen molar-refractivity contribution in [3.8, 4) is 0 Å². The van der Waals surface area contributed by atoms with E-state index in [4.69, 9.17) is 27.9 Å². The summed E-state index contributed by atoms with van der Waals surface area (Å²) >= 11 is 11.8. The molecule has 1 atom stereocenters. The first kappa shape index (κ1) is 19.8. The van der Waals surface area contributed by atoms with Gasteiger partial charge in [-0.2, -0.15) is 0 Å². The monoisotopic (exact) mass is 395 g/mol. The van der Waals surface area contributed by atoms with E-state index in [-0.39, 0.29) is 5.56 Å². The molecular weight excluding hydrogens is 381 g/mol. The average molecular weight is 396 g/mol. The molecule has 2 aromatic carbocycles. The van der Waals surface area contributed by atoms with Gasteiger partial charge >= 0.3 is 11.9 Å². The number of esters is 2. The van der Waals surface area contributed by atoms with Crippen molar-refractivity contribution >= 4 is 46.7 Å². The van der Waals surface area contributed by atoms with E-state index in [2.05, 4.69) is 10.1 Å². The van der Waals surface area contributed by atoms with Crippen LogP contribution < -0.4 is 5.32 Å². The number of ether oxygens (including phenoxy) is 2. The summed E-state index contributed by atoms with van der Waals surface area (Å²) in [5, 5.41) is 3.25. The number of halogens is 2.